The highest BCUT2D eigenvalue weighted by molar-refractivity contribution is 5.85. The van der Waals surface area contributed by atoms with Crippen molar-refractivity contribution >= 4 is 24.5 Å². The van der Waals surface area contributed by atoms with E-state index in [9.17, 15) is 9.59 Å². The largest absolute Gasteiger partial charge is 0.516 e. The number of carbonyl (C=O) groups excluding carboxylic acids is 2. The molecule has 0 amide bonds. The average molecular weight is 240 g/mol. The van der Waals surface area contributed by atoms with E-state index in [0.29, 0.717) is 0 Å². The molecule has 15 heavy (non-hydrogen) atoms. The summed E-state index contributed by atoms with van der Waals surface area (Å²) in [6.07, 6.45) is 0.722. The quantitative estimate of drug-likeness (QED) is 0.583. The van der Waals surface area contributed by atoms with Crippen LogP contribution < -0.4 is 5.73 Å². The number of hydrogen-bond donors (Lipinski definition) is 1. The SMILES string of the molecule is CCCC(N)CC(=O)OC(=O)OCC.Cl. The molecule has 2 N–H and O–H groups in total. The molecule has 5 nitrogen and oxygen atoms in total. The fourth-order valence-corrected chi connectivity index (χ4v) is 0.969. The number of ether oxygens (including phenoxy) is 2. The van der Waals surface area contributed by atoms with Gasteiger partial charge in [-0.05, 0) is 13.3 Å². The van der Waals surface area contributed by atoms with Crippen molar-refractivity contribution in [1.82, 2.24) is 0 Å². The Balaban J connectivity index is 0. The lowest BCUT2D eigenvalue weighted by molar-refractivity contribution is -0.140. The van der Waals surface area contributed by atoms with Crippen LogP contribution in [-0.4, -0.2) is 24.8 Å². The van der Waals surface area contributed by atoms with E-state index in [1.165, 1.54) is 0 Å². The first-order valence-corrected chi connectivity index (χ1v) is 4.73. The molecule has 0 rings (SSSR count). The molecule has 0 aliphatic carbocycles. The molecule has 1 atom stereocenters. The molecule has 0 aliphatic rings. The highest BCUT2D eigenvalue weighted by atomic mass is 35.5. The first kappa shape index (κ1) is 16.6. The predicted octanol–water partition coefficient (Wildman–Crippen LogP) is 1.63. The van der Waals surface area contributed by atoms with E-state index in [2.05, 4.69) is 9.47 Å². The molecule has 1 unspecified atom stereocenters. The molecule has 0 aromatic carbocycles. The second-order valence-corrected chi connectivity index (χ2v) is 2.91. The third-order valence-corrected chi connectivity index (χ3v) is 1.55. The number of carbonyl (C=O) groups is 2. The highest BCUT2D eigenvalue weighted by Gasteiger charge is 2.14. The van der Waals surface area contributed by atoms with Crippen LogP contribution in [0.25, 0.3) is 0 Å². The topological polar surface area (TPSA) is 78.6 Å². The Hall–Kier alpha value is -0.810. The molecular weight excluding hydrogens is 222 g/mol. The Bertz CT molecular complexity index is 199. The summed E-state index contributed by atoms with van der Waals surface area (Å²) in [6, 6.07) is -0.248. The normalized spacial score (nSPS) is 11.1. The summed E-state index contributed by atoms with van der Waals surface area (Å²) in [5, 5.41) is 0. The van der Waals surface area contributed by atoms with Crippen LogP contribution in [0.1, 0.15) is 33.1 Å². The summed E-state index contributed by atoms with van der Waals surface area (Å²) in [6.45, 7) is 3.79. The zero-order valence-electron chi connectivity index (χ0n) is 9.02. The maximum atomic E-state index is 11.0. The van der Waals surface area contributed by atoms with Gasteiger partial charge in [-0.1, -0.05) is 13.3 Å². The fraction of sp³-hybridized carbons (Fsp3) is 0.778. The van der Waals surface area contributed by atoms with Gasteiger partial charge in [0.2, 0.25) is 0 Å². The van der Waals surface area contributed by atoms with Crippen molar-refractivity contribution in [3.8, 4) is 0 Å². The van der Waals surface area contributed by atoms with Gasteiger partial charge in [0.25, 0.3) is 0 Å². The molecule has 0 aromatic heterocycles. The zero-order valence-corrected chi connectivity index (χ0v) is 9.84. The molecule has 90 valence electrons. The zero-order chi connectivity index (χ0) is 11.0. The van der Waals surface area contributed by atoms with E-state index >= 15 is 0 Å². The van der Waals surface area contributed by atoms with Crippen molar-refractivity contribution < 1.29 is 19.1 Å². The first-order valence-electron chi connectivity index (χ1n) is 4.73. The van der Waals surface area contributed by atoms with Crippen LogP contribution in [0.15, 0.2) is 0 Å². The lowest BCUT2D eigenvalue weighted by Crippen LogP contribution is -2.26. The molecule has 0 bridgehead atoms. The summed E-state index contributed by atoms with van der Waals surface area (Å²) < 4.78 is 8.76. The van der Waals surface area contributed by atoms with Gasteiger partial charge in [-0.15, -0.1) is 12.4 Å². The van der Waals surface area contributed by atoms with E-state index < -0.39 is 12.1 Å². The molecule has 0 radical (unpaired) electrons. The van der Waals surface area contributed by atoms with Gasteiger partial charge in [0.15, 0.2) is 0 Å². The molecule has 0 aliphatic heterocycles. The van der Waals surface area contributed by atoms with Crippen LogP contribution in [0.3, 0.4) is 0 Å². The fourth-order valence-electron chi connectivity index (χ4n) is 0.969. The van der Waals surface area contributed by atoms with E-state index in [1.807, 2.05) is 6.92 Å². The van der Waals surface area contributed by atoms with Crippen LogP contribution >= 0.6 is 12.4 Å². The summed E-state index contributed by atoms with van der Waals surface area (Å²) in [7, 11) is 0. The summed E-state index contributed by atoms with van der Waals surface area (Å²) in [5.74, 6) is -0.635. The van der Waals surface area contributed by atoms with Crippen molar-refractivity contribution in [2.45, 2.75) is 39.2 Å². The molecule has 0 heterocycles. The second kappa shape index (κ2) is 9.73. The molecular formula is C9H18ClNO4. The van der Waals surface area contributed by atoms with Crippen molar-refractivity contribution in [1.29, 1.82) is 0 Å². The standard InChI is InChI=1S/C9H17NO4.ClH/c1-3-5-7(10)6-8(11)14-9(12)13-4-2;/h7H,3-6,10H2,1-2H3;1H. The smallest absolute Gasteiger partial charge is 0.434 e. The Morgan fingerprint density at radius 1 is 1.33 bits per heavy atom. The number of esters is 1. The molecule has 0 spiro atoms. The Kier molecular flexibility index (Phi) is 10.8. The van der Waals surface area contributed by atoms with E-state index in [-0.39, 0.29) is 31.5 Å². The molecule has 6 heteroatoms. The number of rotatable bonds is 5. The molecule has 0 saturated carbocycles. The van der Waals surface area contributed by atoms with Gasteiger partial charge in [-0.3, -0.25) is 4.79 Å². The summed E-state index contributed by atoms with van der Waals surface area (Å²) >= 11 is 0. The maximum absolute atomic E-state index is 11.0. The minimum absolute atomic E-state index is 0. The Morgan fingerprint density at radius 3 is 2.40 bits per heavy atom. The van der Waals surface area contributed by atoms with Crippen LogP contribution in [0.5, 0.6) is 0 Å². The molecule has 0 saturated heterocycles. The maximum Gasteiger partial charge on any atom is 0.516 e. The summed E-state index contributed by atoms with van der Waals surface area (Å²) in [5.41, 5.74) is 5.58. The Morgan fingerprint density at radius 2 is 1.93 bits per heavy atom. The minimum Gasteiger partial charge on any atom is -0.434 e. The lowest BCUT2D eigenvalue weighted by Gasteiger charge is -2.08. The van der Waals surface area contributed by atoms with Crippen LogP contribution in [-0.2, 0) is 14.3 Å². The Labute approximate surface area is 95.7 Å². The van der Waals surface area contributed by atoms with Crippen molar-refractivity contribution in [3.05, 3.63) is 0 Å². The average Bonchev–Trinajstić information content (AvgIpc) is 2.03. The van der Waals surface area contributed by atoms with Crippen LogP contribution in [0, 0.1) is 0 Å². The first-order chi connectivity index (χ1) is 6.60. The van der Waals surface area contributed by atoms with Crippen molar-refractivity contribution in [3.63, 3.8) is 0 Å². The van der Waals surface area contributed by atoms with Gasteiger partial charge in [0.05, 0.1) is 13.0 Å². The van der Waals surface area contributed by atoms with Crippen molar-refractivity contribution in [2.75, 3.05) is 6.61 Å². The van der Waals surface area contributed by atoms with Gasteiger partial charge in [-0.2, -0.15) is 0 Å². The van der Waals surface area contributed by atoms with Crippen molar-refractivity contribution in [2.24, 2.45) is 5.73 Å². The van der Waals surface area contributed by atoms with E-state index in [4.69, 9.17) is 5.73 Å². The van der Waals surface area contributed by atoms with Gasteiger partial charge >= 0.3 is 12.1 Å². The third-order valence-electron chi connectivity index (χ3n) is 1.55. The van der Waals surface area contributed by atoms with Gasteiger partial charge in [0.1, 0.15) is 0 Å². The number of hydrogen-bond acceptors (Lipinski definition) is 5. The van der Waals surface area contributed by atoms with Gasteiger partial charge in [0, 0.05) is 6.04 Å². The number of halogens is 1. The minimum atomic E-state index is -0.957. The van der Waals surface area contributed by atoms with Gasteiger partial charge in [-0.25, -0.2) is 4.79 Å². The lowest BCUT2D eigenvalue weighted by atomic mass is 10.1. The summed E-state index contributed by atoms with van der Waals surface area (Å²) in [4.78, 5) is 21.7. The predicted molar refractivity (Wildman–Crippen MR) is 57.9 cm³/mol. The van der Waals surface area contributed by atoms with Crippen LogP contribution in [0.2, 0.25) is 0 Å². The van der Waals surface area contributed by atoms with E-state index in [0.717, 1.165) is 12.8 Å². The molecule has 0 aromatic rings. The van der Waals surface area contributed by atoms with Gasteiger partial charge < -0.3 is 15.2 Å². The number of nitrogens with two attached hydrogens (primary N) is 1. The monoisotopic (exact) mass is 239 g/mol. The molecule has 0 fully saturated rings. The van der Waals surface area contributed by atoms with Crippen LogP contribution in [0.4, 0.5) is 4.79 Å². The second-order valence-electron chi connectivity index (χ2n) is 2.91. The highest BCUT2D eigenvalue weighted by Crippen LogP contribution is 2.00. The van der Waals surface area contributed by atoms with E-state index in [1.54, 1.807) is 6.92 Å². The third kappa shape index (κ3) is 9.49.